The Labute approximate surface area is 152 Å². The van der Waals surface area contributed by atoms with Crippen LogP contribution in [0.25, 0.3) is 0 Å². The second-order valence-electron chi connectivity index (χ2n) is 6.38. The molecule has 1 aliphatic heterocycles. The second kappa shape index (κ2) is 8.02. The molecule has 26 heavy (non-hydrogen) atoms. The summed E-state index contributed by atoms with van der Waals surface area (Å²) in [5, 5.41) is 11.9. The fourth-order valence-electron chi connectivity index (χ4n) is 2.59. The Morgan fingerprint density at radius 2 is 1.96 bits per heavy atom. The van der Waals surface area contributed by atoms with Crippen molar-refractivity contribution in [1.29, 1.82) is 0 Å². The molecule has 2 amide bonds. The van der Waals surface area contributed by atoms with Gasteiger partial charge >= 0.3 is 12.0 Å². The first-order chi connectivity index (χ1) is 12.2. The van der Waals surface area contributed by atoms with E-state index in [1.54, 1.807) is 6.92 Å². The Balaban J connectivity index is 1.97. The van der Waals surface area contributed by atoms with Gasteiger partial charge in [0.15, 0.2) is 0 Å². The minimum absolute atomic E-state index is 0.0752. The van der Waals surface area contributed by atoms with Crippen molar-refractivity contribution in [2.75, 3.05) is 38.7 Å². The fourth-order valence-corrected chi connectivity index (χ4v) is 3.60. The van der Waals surface area contributed by atoms with Crippen molar-refractivity contribution in [1.82, 2.24) is 9.62 Å². The number of benzene rings is 1. The van der Waals surface area contributed by atoms with E-state index in [-0.39, 0.29) is 24.6 Å². The third kappa shape index (κ3) is 4.71. The van der Waals surface area contributed by atoms with Gasteiger partial charge in [0.1, 0.15) is 0 Å². The topological polar surface area (TPSA) is 125 Å². The molecule has 3 N–H and O–H groups in total. The van der Waals surface area contributed by atoms with Crippen LogP contribution in [-0.2, 0) is 19.6 Å². The van der Waals surface area contributed by atoms with Gasteiger partial charge in [-0.15, -0.1) is 0 Å². The number of carbonyl (C=O) groups excluding carboxylic acids is 1. The van der Waals surface area contributed by atoms with Gasteiger partial charge in [0.05, 0.1) is 16.9 Å². The largest absolute Gasteiger partial charge is 0.481 e. The van der Waals surface area contributed by atoms with Crippen molar-refractivity contribution in [2.24, 2.45) is 5.41 Å². The number of likely N-dealkylation sites (tertiary alicyclic amines) is 1. The molecular formula is C16H23N3O6S. The van der Waals surface area contributed by atoms with Crippen LogP contribution < -0.4 is 10.0 Å². The van der Waals surface area contributed by atoms with Crippen LogP contribution in [0.15, 0.2) is 29.2 Å². The van der Waals surface area contributed by atoms with Crippen LogP contribution in [0.5, 0.6) is 0 Å². The Morgan fingerprint density at radius 1 is 1.31 bits per heavy atom. The third-order valence-electron chi connectivity index (χ3n) is 4.29. The average molecular weight is 385 g/mol. The zero-order valence-corrected chi connectivity index (χ0v) is 15.5. The number of nitrogens with one attached hydrogen (secondary N) is 2. The molecular weight excluding hydrogens is 362 g/mol. The summed E-state index contributed by atoms with van der Waals surface area (Å²) in [5.74, 6) is -0.927. The van der Waals surface area contributed by atoms with Crippen molar-refractivity contribution in [3.63, 3.8) is 0 Å². The van der Waals surface area contributed by atoms with E-state index in [4.69, 9.17) is 4.74 Å². The number of hydrogen-bond donors (Lipinski definition) is 3. The molecule has 1 aromatic rings. The Kier molecular flexibility index (Phi) is 6.21. The Morgan fingerprint density at radius 3 is 2.50 bits per heavy atom. The number of hydrogen-bond acceptors (Lipinski definition) is 5. The zero-order chi connectivity index (χ0) is 19.4. The Bertz CT molecular complexity index is 765. The highest BCUT2D eigenvalue weighted by atomic mass is 32.2. The number of rotatable bonds is 7. The first kappa shape index (κ1) is 20.1. The lowest BCUT2D eigenvalue weighted by Gasteiger charge is -2.20. The maximum absolute atomic E-state index is 12.3. The minimum Gasteiger partial charge on any atom is -0.481 e. The molecule has 0 aliphatic carbocycles. The highest BCUT2D eigenvalue weighted by molar-refractivity contribution is 7.89. The van der Waals surface area contributed by atoms with E-state index in [1.807, 2.05) is 0 Å². The fraction of sp³-hybridized carbons (Fsp3) is 0.500. The quantitative estimate of drug-likeness (QED) is 0.600. The van der Waals surface area contributed by atoms with E-state index >= 15 is 0 Å². The van der Waals surface area contributed by atoms with Gasteiger partial charge in [-0.2, -0.15) is 0 Å². The van der Waals surface area contributed by atoms with Crippen molar-refractivity contribution >= 4 is 27.7 Å². The summed E-state index contributed by atoms with van der Waals surface area (Å²) >= 11 is 0. The number of nitrogens with zero attached hydrogens (tertiary/aromatic N) is 1. The SMILES string of the molecule is COCCNS(=O)(=O)c1ccc(NC(=O)N2CCC(C)(C(=O)O)C2)cc1. The normalized spacial score (nSPS) is 20.2. The average Bonchev–Trinajstić information content (AvgIpc) is 2.99. The van der Waals surface area contributed by atoms with Crippen LogP contribution >= 0.6 is 0 Å². The number of methoxy groups -OCH3 is 1. The predicted octanol–water partition coefficient (Wildman–Crippen LogP) is 0.940. The van der Waals surface area contributed by atoms with Crippen molar-refractivity contribution in [2.45, 2.75) is 18.2 Å². The molecule has 1 aromatic carbocycles. The lowest BCUT2D eigenvalue weighted by atomic mass is 9.90. The van der Waals surface area contributed by atoms with Crippen molar-refractivity contribution in [3.05, 3.63) is 24.3 Å². The highest BCUT2D eigenvalue weighted by Crippen LogP contribution is 2.30. The molecule has 0 spiro atoms. The monoisotopic (exact) mass is 385 g/mol. The molecule has 1 atom stereocenters. The summed E-state index contributed by atoms with van der Waals surface area (Å²) in [6.07, 6.45) is 0.389. The van der Waals surface area contributed by atoms with Gasteiger partial charge in [-0.25, -0.2) is 17.9 Å². The first-order valence-electron chi connectivity index (χ1n) is 8.06. The lowest BCUT2D eigenvalue weighted by Crippen LogP contribution is -2.37. The maximum atomic E-state index is 12.3. The molecule has 2 rings (SSSR count). The maximum Gasteiger partial charge on any atom is 0.321 e. The number of ether oxygens (including phenoxy) is 1. The summed E-state index contributed by atoms with van der Waals surface area (Å²) in [4.78, 5) is 25.0. The third-order valence-corrected chi connectivity index (χ3v) is 5.77. The molecule has 1 unspecified atom stereocenters. The molecule has 9 nitrogen and oxygen atoms in total. The summed E-state index contributed by atoms with van der Waals surface area (Å²) < 4.78 is 31.3. The summed E-state index contributed by atoms with van der Waals surface area (Å²) in [5.41, 5.74) is -0.516. The van der Waals surface area contributed by atoms with Gasteiger partial charge < -0.3 is 20.1 Å². The zero-order valence-electron chi connectivity index (χ0n) is 14.7. The van der Waals surface area contributed by atoms with Crippen LogP contribution in [0.3, 0.4) is 0 Å². The number of anilines is 1. The van der Waals surface area contributed by atoms with E-state index in [2.05, 4.69) is 10.0 Å². The van der Waals surface area contributed by atoms with Gasteiger partial charge in [-0.3, -0.25) is 4.79 Å². The first-order valence-corrected chi connectivity index (χ1v) is 9.54. The molecule has 10 heteroatoms. The van der Waals surface area contributed by atoms with Crippen LogP contribution in [0.1, 0.15) is 13.3 Å². The summed E-state index contributed by atoms with van der Waals surface area (Å²) in [7, 11) is -2.16. The number of carboxylic acids is 1. The molecule has 1 heterocycles. The molecule has 0 aromatic heterocycles. The minimum atomic E-state index is -3.64. The van der Waals surface area contributed by atoms with E-state index in [9.17, 15) is 23.1 Å². The standard InChI is InChI=1S/C16H23N3O6S/c1-16(14(20)21)7-9-19(11-16)15(22)18-12-3-5-13(6-4-12)26(23,24)17-8-10-25-2/h3-6,17H,7-11H2,1-2H3,(H,18,22)(H,20,21). The van der Waals surface area contributed by atoms with E-state index in [1.165, 1.54) is 36.3 Å². The van der Waals surface area contributed by atoms with Crippen LogP contribution in [0.4, 0.5) is 10.5 Å². The molecule has 0 bridgehead atoms. The number of amides is 2. The number of sulfonamides is 1. The van der Waals surface area contributed by atoms with E-state index in [0.29, 0.717) is 18.7 Å². The molecule has 0 saturated carbocycles. The van der Waals surface area contributed by atoms with Gasteiger partial charge in [0, 0.05) is 32.4 Å². The van der Waals surface area contributed by atoms with E-state index < -0.39 is 27.4 Å². The van der Waals surface area contributed by atoms with Crippen LogP contribution in [0.2, 0.25) is 0 Å². The van der Waals surface area contributed by atoms with Gasteiger partial charge in [-0.05, 0) is 37.6 Å². The lowest BCUT2D eigenvalue weighted by molar-refractivity contribution is -0.146. The second-order valence-corrected chi connectivity index (χ2v) is 8.15. The smallest absolute Gasteiger partial charge is 0.321 e. The van der Waals surface area contributed by atoms with Gasteiger partial charge in [0.2, 0.25) is 10.0 Å². The summed E-state index contributed by atoms with van der Waals surface area (Å²) in [6.45, 7) is 2.51. The molecule has 0 radical (unpaired) electrons. The highest BCUT2D eigenvalue weighted by Gasteiger charge is 2.42. The molecule has 1 aliphatic rings. The number of aliphatic carboxylic acids is 1. The number of carbonyl (C=O) groups is 2. The molecule has 144 valence electrons. The predicted molar refractivity (Wildman–Crippen MR) is 94.5 cm³/mol. The van der Waals surface area contributed by atoms with Gasteiger partial charge in [-0.1, -0.05) is 0 Å². The Hall–Kier alpha value is -2.17. The molecule has 1 fully saturated rings. The molecule has 1 saturated heterocycles. The number of carboxylic acid groups (broad SMARTS) is 1. The van der Waals surface area contributed by atoms with Crippen molar-refractivity contribution in [3.8, 4) is 0 Å². The van der Waals surface area contributed by atoms with Gasteiger partial charge in [0.25, 0.3) is 0 Å². The van der Waals surface area contributed by atoms with Crippen LogP contribution in [-0.4, -0.2) is 63.8 Å². The van der Waals surface area contributed by atoms with Crippen LogP contribution in [0, 0.1) is 5.41 Å². The van der Waals surface area contributed by atoms with E-state index in [0.717, 1.165) is 0 Å². The summed E-state index contributed by atoms with van der Waals surface area (Å²) in [6, 6.07) is 5.32. The number of urea groups is 1. The van der Waals surface area contributed by atoms with Crippen molar-refractivity contribution < 1.29 is 27.9 Å².